The number of benzene rings is 1. The monoisotopic (exact) mass is 266 g/mol. The van der Waals surface area contributed by atoms with Gasteiger partial charge in [0.2, 0.25) is 0 Å². The van der Waals surface area contributed by atoms with Crippen molar-refractivity contribution >= 4 is 23.4 Å². The predicted octanol–water partition coefficient (Wildman–Crippen LogP) is 3.20. The SMILES string of the molecule is N#Cc1ccc(CNC2CCSCC2)c(Cl)c1. The first kappa shape index (κ1) is 12.8. The summed E-state index contributed by atoms with van der Waals surface area (Å²) in [5.74, 6) is 2.50. The molecule has 90 valence electrons. The Morgan fingerprint density at radius 2 is 2.18 bits per heavy atom. The van der Waals surface area contributed by atoms with E-state index in [2.05, 4.69) is 11.4 Å². The molecule has 1 aliphatic heterocycles. The van der Waals surface area contributed by atoms with Gasteiger partial charge < -0.3 is 5.32 Å². The van der Waals surface area contributed by atoms with Crippen LogP contribution in [0, 0.1) is 11.3 Å². The molecular formula is C13H15ClN2S. The summed E-state index contributed by atoms with van der Waals surface area (Å²) < 4.78 is 0. The molecule has 0 spiro atoms. The molecule has 0 radical (unpaired) electrons. The van der Waals surface area contributed by atoms with E-state index in [1.165, 1.54) is 24.3 Å². The van der Waals surface area contributed by atoms with Gasteiger partial charge in [0, 0.05) is 17.6 Å². The molecule has 0 aromatic heterocycles. The number of halogens is 1. The lowest BCUT2D eigenvalue weighted by molar-refractivity contribution is 0.482. The third-order valence-corrected chi connectivity index (χ3v) is 4.39. The number of nitrogens with one attached hydrogen (secondary N) is 1. The van der Waals surface area contributed by atoms with Gasteiger partial charge in [0.05, 0.1) is 11.6 Å². The molecule has 0 unspecified atom stereocenters. The lowest BCUT2D eigenvalue weighted by Crippen LogP contribution is -2.32. The molecule has 1 heterocycles. The Morgan fingerprint density at radius 3 is 2.82 bits per heavy atom. The molecule has 0 saturated carbocycles. The molecule has 0 bridgehead atoms. The highest BCUT2D eigenvalue weighted by Crippen LogP contribution is 2.20. The molecule has 1 saturated heterocycles. The van der Waals surface area contributed by atoms with Gasteiger partial charge >= 0.3 is 0 Å². The largest absolute Gasteiger partial charge is 0.310 e. The van der Waals surface area contributed by atoms with E-state index < -0.39 is 0 Å². The van der Waals surface area contributed by atoms with Crippen LogP contribution < -0.4 is 5.32 Å². The summed E-state index contributed by atoms with van der Waals surface area (Å²) in [5.41, 5.74) is 1.69. The van der Waals surface area contributed by atoms with E-state index in [-0.39, 0.29) is 0 Å². The standard InChI is InChI=1S/C13H15ClN2S/c14-13-7-10(8-15)1-2-11(13)9-16-12-3-5-17-6-4-12/h1-2,7,12,16H,3-6,9H2. The number of hydrogen-bond acceptors (Lipinski definition) is 3. The van der Waals surface area contributed by atoms with Crippen LogP contribution >= 0.6 is 23.4 Å². The molecule has 2 rings (SSSR count). The lowest BCUT2D eigenvalue weighted by atomic mass is 10.1. The summed E-state index contributed by atoms with van der Waals surface area (Å²) in [6.45, 7) is 0.792. The molecular weight excluding hydrogens is 252 g/mol. The van der Waals surface area contributed by atoms with Crippen LogP contribution in [0.25, 0.3) is 0 Å². The van der Waals surface area contributed by atoms with Gasteiger partial charge in [-0.15, -0.1) is 0 Å². The Kier molecular flexibility index (Phi) is 4.73. The van der Waals surface area contributed by atoms with Gasteiger partial charge in [-0.3, -0.25) is 0 Å². The van der Waals surface area contributed by atoms with Crippen molar-refractivity contribution in [1.29, 1.82) is 5.26 Å². The van der Waals surface area contributed by atoms with Crippen LogP contribution in [0.15, 0.2) is 18.2 Å². The first-order valence-corrected chi connectivity index (χ1v) is 7.32. The molecule has 0 amide bonds. The first-order valence-electron chi connectivity index (χ1n) is 5.79. The third kappa shape index (κ3) is 3.64. The fraction of sp³-hybridized carbons (Fsp3) is 0.462. The van der Waals surface area contributed by atoms with E-state index in [9.17, 15) is 0 Å². The minimum atomic E-state index is 0.614. The van der Waals surface area contributed by atoms with Crippen LogP contribution in [0.5, 0.6) is 0 Å². The Balaban J connectivity index is 1.92. The van der Waals surface area contributed by atoms with Gasteiger partial charge in [0.1, 0.15) is 0 Å². The molecule has 1 aromatic rings. The minimum absolute atomic E-state index is 0.614. The minimum Gasteiger partial charge on any atom is -0.310 e. The van der Waals surface area contributed by atoms with Gasteiger partial charge in [-0.2, -0.15) is 17.0 Å². The molecule has 17 heavy (non-hydrogen) atoms. The first-order chi connectivity index (χ1) is 8.29. The van der Waals surface area contributed by atoms with E-state index in [1.807, 2.05) is 23.9 Å². The molecule has 0 aliphatic carbocycles. The van der Waals surface area contributed by atoms with Crippen LogP contribution in [0.4, 0.5) is 0 Å². The van der Waals surface area contributed by atoms with Crippen molar-refractivity contribution in [2.24, 2.45) is 0 Å². The van der Waals surface area contributed by atoms with Crippen molar-refractivity contribution in [3.8, 4) is 6.07 Å². The summed E-state index contributed by atoms with van der Waals surface area (Å²) in [6, 6.07) is 8.19. The van der Waals surface area contributed by atoms with Crippen LogP contribution in [0.3, 0.4) is 0 Å². The predicted molar refractivity (Wildman–Crippen MR) is 73.4 cm³/mol. The summed E-state index contributed by atoms with van der Waals surface area (Å²) in [6.07, 6.45) is 2.47. The zero-order chi connectivity index (χ0) is 12.1. The summed E-state index contributed by atoms with van der Waals surface area (Å²) >= 11 is 8.16. The van der Waals surface area contributed by atoms with Crippen LogP contribution in [0.1, 0.15) is 24.0 Å². The van der Waals surface area contributed by atoms with Crippen molar-refractivity contribution in [2.45, 2.75) is 25.4 Å². The second-order valence-electron chi connectivity index (χ2n) is 4.19. The van der Waals surface area contributed by atoms with Crippen molar-refractivity contribution in [1.82, 2.24) is 5.32 Å². The maximum Gasteiger partial charge on any atom is 0.0992 e. The van der Waals surface area contributed by atoms with E-state index >= 15 is 0 Å². The quantitative estimate of drug-likeness (QED) is 0.913. The zero-order valence-corrected chi connectivity index (χ0v) is 11.2. The third-order valence-electron chi connectivity index (χ3n) is 2.98. The zero-order valence-electron chi connectivity index (χ0n) is 9.58. The van der Waals surface area contributed by atoms with Crippen molar-refractivity contribution in [3.05, 3.63) is 34.3 Å². The van der Waals surface area contributed by atoms with E-state index in [0.717, 1.165) is 12.1 Å². The average molecular weight is 267 g/mol. The lowest BCUT2D eigenvalue weighted by Gasteiger charge is -2.22. The van der Waals surface area contributed by atoms with Crippen LogP contribution in [-0.2, 0) is 6.54 Å². The summed E-state index contributed by atoms with van der Waals surface area (Å²) in [4.78, 5) is 0. The second-order valence-corrected chi connectivity index (χ2v) is 5.82. The topological polar surface area (TPSA) is 35.8 Å². The Bertz CT molecular complexity index is 422. The van der Waals surface area contributed by atoms with Gasteiger partial charge in [-0.05, 0) is 42.0 Å². The number of nitrogens with zero attached hydrogens (tertiary/aromatic N) is 1. The molecule has 2 nitrogen and oxygen atoms in total. The van der Waals surface area contributed by atoms with Gasteiger partial charge in [0.15, 0.2) is 0 Å². The van der Waals surface area contributed by atoms with E-state index in [0.29, 0.717) is 16.6 Å². The Labute approximate surface area is 111 Å². The maximum absolute atomic E-state index is 8.76. The number of nitriles is 1. The van der Waals surface area contributed by atoms with Crippen molar-refractivity contribution in [3.63, 3.8) is 0 Å². The molecule has 4 heteroatoms. The summed E-state index contributed by atoms with van der Waals surface area (Å²) in [5, 5.41) is 13.0. The van der Waals surface area contributed by atoms with Crippen molar-refractivity contribution in [2.75, 3.05) is 11.5 Å². The highest BCUT2D eigenvalue weighted by molar-refractivity contribution is 7.99. The van der Waals surface area contributed by atoms with Gasteiger partial charge in [-0.1, -0.05) is 17.7 Å². The molecule has 1 N–H and O–H groups in total. The highest BCUT2D eigenvalue weighted by atomic mass is 35.5. The fourth-order valence-corrected chi connectivity index (χ4v) is 3.27. The smallest absolute Gasteiger partial charge is 0.0992 e. The number of rotatable bonds is 3. The van der Waals surface area contributed by atoms with Crippen LogP contribution in [-0.4, -0.2) is 17.5 Å². The molecule has 1 aromatic carbocycles. The average Bonchev–Trinajstić information content (AvgIpc) is 2.38. The second kappa shape index (κ2) is 6.30. The van der Waals surface area contributed by atoms with E-state index in [4.69, 9.17) is 16.9 Å². The Hall–Kier alpha value is -0.690. The van der Waals surface area contributed by atoms with Gasteiger partial charge in [0.25, 0.3) is 0 Å². The molecule has 1 fully saturated rings. The summed E-state index contributed by atoms with van der Waals surface area (Å²) in [7, 11) is 0. The Morgan fingerprint density at radius 1 is 1.41 bits per heavy atom. The van der Waals surface area contributed by atoms with Gasteiger partial charge in [-0.25, -0.2) is 0 Å². The van der Waals surface area contributed by atoms with E-state index in [1.54, 1.807) is 6.07 Å². The molecule has 1 aliphatic rings. The fourth-order valence-electron chi connectivity index (χ4n) is 1.92. The molecule has 0 atom stereocenters. The van der Waals surface area contributed by atoms with Crippen LogP contribution in [0.2, 0.25) is 5.02 Å². The highest BCUT2D eigenvalue weighted by Gasteiger charge is 2.13. The van der Waals surface area contributed by atoms with Crippen molar-refractivity contribution < 1.29 is 0 Å². The number of thioether (sulfide) groups is 1. The maximum atomic E-state index is 8.76. The number of hydrogen-bond donors (Lipinski definition) is 1. The normalized spacial score (nSPS) is 16.7.